The summed E-state index contributed by atoms with van der Waals surface area (Å²) in [6.07, 6.45) is 3.71. The van der Waals surface area contributed by atoms with Gasteiger partial charge in [0.1, 0.15) is 5.78 Å². The van der Waals surface area contributed by atoms with Gasteiger partial charge in [-0.15, -0.1) is 0 Å². The zero-order valence-corrected chi connectivity index (χ0v) is 6.92. The molecule has 0 aromatic rings. The first kappa shape index (κ1) is 7.29. The van der Waals surface area contributed by atoms with E-state index in [1.54, 1.807) is 6.92 Å². The van der Waals surface area contributed by atoms with Crippen LogP contribution in [0.25, 0.3) is 0 Å². The minimum Gasteiger partial charge on any atom is -0.327 e. The number of rotatable bonds is 1. The number of carbonyl (C=O) groups excluding carboxylic acids is 1. The minimum absolute atomic E-state index is 0.186. The van der Waals surface area contributed by atoms with E-state index < -0.39 is 0 Å². The Balaban J connectivity index is 2.17. The Kier molecular flexibility index (Phi) is 1.53. The first-order chi connectivity index (χ1) is 5.20. The first-order valence-electron chi connectivity index (χ1n) is 4.46. The second-order valence-corrected chi connectivity index (χ2v) is 4.05. The van der Waals surface area contributed by atoms with Crippen LogP contribution in [0.2, 0.25) is 0 Å². The van der Waals surface area contributed by atoms with Gasteiger partial charge in [0.05, 0.1) is 0 Å². The molecule has 0 spiro atoms. The van der Waals surface area contributed by atoms with Crippen LogP contribution < -0.4 is 5.73 Å². The summed E-state index contributed by atoms with van der Waals surface area (Å²) in [7, 11) is 0. The molecule has 11 heavy (non-hydrogen) atoms. The number of carbonyl (C=O) groups is 1. The van der Waals surface area contributed by atoms with Gasteiger partial charge in [0.15, 0.2) is 0 Å². The molecule has 2 rings (SSSR count). The second-order valence-electron chi connectivity index (χ2n) is 4.05. The molecule has 0 saturated heterocycles. The Bertz CT molecular complexity index is 188. The van der Waals surface area contributed by atoms with Gasteiger partial charge < -0.3 is 5.73 Å². The molecule has 0 aromatic heterocycles. The number of nitrogens with two attached hydrogens (primary N) is 1. The number of hydrogen-bond acceptors (Lipinski definition) is 2. The van der Waals surface area contributed by atoms with Gasteiger partial charge in [-0.05, 0) is 38.0 Å². The predicted molar refractivity (Wildman–Crippen MR) is 43.0 cm³/mol. The third-order valence-corrected chi connectivity index (χ3v) is 3.45. The second kappa shape index (κ2) is 2.31. The molecule has 0 aromatic carbocycles. The number of hydrogen-bond donors (Lipinski definition) is 1. The van der Waals surface area contributed by atoms with Crippen molar-refractivity contribution in [3.63, 3.8) is 0 Å². The van der Waals surface area contributed by atoms with Crippen LogP contribution in [-0.2, 0) is 4.79 Å². The van der Waals surface area contributed by atoms with Gasteiger partial charge in [0, 0.05) is 12.0 Å². The van der Waals surface area contributed by atoms with Crippen LogP contribution in [0.4, 0.5) is 0 Å². The van der Waals surface area contributed by atoms with Crippen LogP contribution >= 0.6 is 0 Å². The molecule has 2 aliphatic carbocycles. The fourth-order valence-corrected chi connectivity index (χ4v) is 2.94. The summed E-state index contributed by atoms with van der Waals surface area (Å²) in [5, 5.41) is 0. The molecule has 2 unspecified atom stereocenters. The van der Waals surface area contributed by atoms with Gasteiger partial charge >= 0.3 is 0 Å². The highest BCUT2D eigenvalue weighted by Crippen LogP contribution is 2.47. The molecule has 0 radical (unpaired) electrons. The average Bonchev–Trinajstić information content (AvgIpc) is 2.44. The van der Waals surface area contributed by atoms with Crippen molar-refractivity contribution in [2.75, 3.05) is 0 Å². The Morgan fingerprint density at radius 3 is 2.36 bits per heavy atom. The molecule has 2 saturated carbocycles. The fourth-order valence-electron chi connectivity index (χ4n) is 2.94. The molecule has 0 aliphatic heterocycles. The maximum atomic E-state index is 11.2. The van der Waals surface area contributed by atoms with Gasteiger partial charge in [-0.3, -0.25) is 4.79 Å². The van der Waals surface area contributed by atoms with Crippen molar-refractivity contribution in [2.24, 2.45) is 23.5 Å². The molecular weight excluding hydrogens is 138 g/mol. The maximum absolute atomic E-state index is 11.2. The van der Waals surface area contributed by atoms with E-state index in [-0.39, 0.29) is 12.0 Å². The number of Topliss-reactive ketones (excluding diaryl/α,β-unsaturated/α-hetero) is 1. The van der Waals surface area contributed by atoms with Crippen LogP contribution in [0.5, 0.6) is 0 Å². The van der Waals surface area contributed by atoms with Crippen molar-refractivity contribution in [2.45, 2.75) is 32.2 Å². The largest absolute Gasteiger partial charge is 0.327 e. The lowest BCUT2D eigenvalue weighted by Crippen LogP contribution is -2.39. The summed E-state index contributed by atoms with van der Waals surface area (Å²) in [4.78, 5) is 11.2. The summed E-state index contributed by atoms with van der Waals surface area (Å²) < 4.78 is 0. The van der Waals surface area contributed by atoms with Crippen molar-refractivity contribution >= 4 is 5.78 Å². The molecule has 0 heterocycles. The summed E-state index contributed by atoms with van der Waals surface area (Å²) in [5.41, 5.74) is 5.94. The van der Waals surface area contributed by atoms with Gasteiger partial charge in [0.2, 0.25) is 0 Å². The van der Waals surface area contributed by atoms with Crippen LogP contribution in [0.3, 0.4) is 0 Å². The Labute approximate surface area is 67.1 Å². The van der Waals surface area contributed by atoms with Crippen molar-refractivity contribution in [3.05, 3.63) is 0 Å². The van der Waals surface area contributed by atoms with Crippen molar-refractivity contribution < 1.29 is 4.79 Å². The van der Waals surface area contributed by atoms with Crippen LogP contribution in [0.1, 0.15) is 26.2 Å². The van der Waals surface area contributed by atoms with E-state index in [0.717, 1.165) is 0 Å². The van der Waals surface area contributed by atoms with E-state index in [1.165, 1.54) is 19.3 Å². The lowest BCUT2D eigenvalue weighted by atomic mass is 9.83. The first-order valence-corrected chi connectivity index (χ1v) is 4.46. The van der Waals surface area contributed by atoms with Gasteiger partial charge in [-0.1, -0.05) is 0 Å². The maximum Gasteiger partial charge on any atom is 0.134 e. The smallest absolute Gasteiger partial charge is 0.134 e. The van der Waals surface area contributed by atoms with E-state index in [9.17, 15) is 4.79 Å². The molecular formula is C9H15NO. The Morgan fingerprint density at radius 2 is 2.00 bits per heavy atom. The van der Waals surface area contributed by atoms with Crippen LogP contribution in [-0.4, -0.2) is 11.8 Å². The van der Waals surface area contributed by atoms with Gasteiger partial charge in [-0.25, -0.2) is 0 Å². The SMILES string of the molecule is CC(=O)C1C(N)[C@@H]2CC[C@H]1C2. The molecule has 2 nitrogen and oxygen atoms in total. The summed E-state index contributed by atoms with van der Waals surface area (Å²) in [5.74, 6) is 1.81. The highest BCUT2D eigenvalue weighted by atomic mass is 16.1. The highest BCUT2D eigenvalue weighted by Gasteiger charge is 2.47. The molecule has 62 valence electrons. The van der Waals surface area contributed by atoms with Crippen LogP contribution in [0.15, 0.2) is 0 Å². The van der Waals surface area contributed by atoms with Crippen molar-refractivity contribution in [1.29, 1.82) is 0 Å². The molecule has 2 heteroatoms. The van der Waals surface area contributed by atoms with Crippen molar-refractivity contribution in [1.82, 2.24) is 0 Å². The molecule has 2 N–H and O–H groups in total. The average molecular weight is 153 g/mol. The minimum atomic E-state index is 0.186. The topological polar surface area (TPSA) is 43.1 Å². The number of fused-ring (bicyclic) bond motifs is 2. The van der Waals surface area contributed by atoms with E-state index >= 15 is 0 Å². The summed E-state index contributed by atoms with van der Waals surface area (Å²) >= 11 is 0. The zero-order chi connectivity index (χ0) is 8.01. The molecule has 2 aliphatic rings. The highest BCUT2D eigenvalue weighted by molar-refractivity contribution is 5.80. The van der Waals surface area contributed by atoms with Gasteiger partial charge in [-0.2, -0.15) is 0 Å². The van der Waals surface area contributed by atoms with E-state index in [4.69, 9.17) is 5.73 Å². The summed E-state index contributed by atoms with van der Waals surface area (Å²) in [6.45, 7) is 1.69. The van der Waals surface area contributed by atoms with Gasteiger partial charge in [0.25, 0.3) is 0 Å². The monoisotopic (exact) mass is 153 g/mol. The third-order valence-electron chi connectivity index (χ3n) is 3.45. The number of ketones is 1. The van der Waals surface area contributed by atoms with Crippen LogP contribution in [0, 0.1) is 17.8 Å². The van der Waals surface area contributed by atoms with E-state index in [1.807, 2.05) is 0 Å². The molecule has 4 atom stereocenters. The molecule has 2 fully saturated rings. The summed E-state index contributed by atoms with van der Waals surface area (Å²) in [6, 6.07) is 0.186. The lowest BCUT2D eigenvalue weighted by Gasteiger charge is -2.25. The van der Waals surface area contributed by atoms with Crippen molar-refractivity contribution in [3.8, 4) is 0 Å². The Morgan fingerprint density at radius 1 is 1.36 bits per heavy atom. The Hall–Kier alpha value is -0.370. The van der Waals surface area contributed by atoms with E-state index in [0.29, 0.717) is 17.6 Å². The zero-order valence-electron chi connectivity index (χ0n) is 6.92. The molecule has 0 amide bonds. The predicted octanol–water partition coefficient (Wildman–Crippen LogP) is 0.949. The standard InChI is InChI=1S/C9H15NO/c1-5(11)8-6-2-3-7(4-6)9(8)10/h6-9H,2-4,10H2,1H3/t6-,7+,8?,9?/m0/s1. The third kappa shape index (κ3) is 0.924. The van der Waals surface area contributed by atoms with E-state index in [2.05, 4.69) is 0 Å². The lowest BCUT2D eigenvalue weighted by molar-refractivity contribution is -0.122. The fraction of sp³-hybridized carbons (Fsp3) is 0.889. The quantitative estimate of drug-likeness (QED) is 0.609. The molecule has 2 bridgehead atoms. The normalized spacial score (nSPS) is 48.2.